The average molecular weight is 1360 g/mol. The van der Waals surface area contributed by atoms with Crippen molar-refractivity contribution in [3.8, 4) is 23.0 Å². The summed E-state index contributed by atoms with van der Waals surface area (Å²) in [5.41, 5.74) is 11.8. The first-order chi connectivity index (χ1) is 46.5. The fourth-order valence-electron chi connectivity index (χ4n) is 10.1. The van der Waals surface area contributed by atoms with Gasteiger partial charge in [0.1, 0.15) is 23.0 Å². The van der Waals surface area contributed by atoms with Crippen LogP contribution in [0.3, 0.4) is 0 Å². The summed E-state index contributed by atoms with van der Waals surface area (Å²) in [6.45, 7) is 14.8. The molecule has 0 saturated heterocycles. The molecule has 0 spiro atoms. The van der Waals surface area contributed by atoms with Gasteiger partial charge in [-0.1, -0.05) is 259 Å². The van der Waals surface area contributed by atoms with Gasteiger partial charge in [-0.2, -0.15) is 0 Å². The summed E-state index contributed by atoms with van der Waals surface area (Å²) in [5, 5.41) is 13.3. The van der Waals surface area contributed by atoms with Gasteiger partial charge in [-0.25, -0.2) is 0 Å². The molecule has 0 aromatic heterocycles. The topological polar surface area (TPSA) is 228 Å². The Bertz CT molecular complexity index is 2530. The number of hydrogen-bond acceptors (Lipinski definition) is 13. The van der Waals surface area contributed by atoms with Crippen molar-refractivity contribution in [2.75, 3.05) is 40.8 Å². The number of carboxylic acid groups (broad SMARTS) is 1. The van der Waals surface area contributed by atoms with E-state index < -0.39 is 17.9 Å². The number of ether oxygens (including phenoxy) is 6. The standard InChI is InChI=1S/C37H59NO3.C20H23NO4.C16H35N.C5H8O4.C2H4O2.Na/c1-4-5-6-7-8-9-10-11-12-13-14-15-16-17-18-19-21-34-27-28-35(30-36(34)40-3)41-29-20-22-37(39)38-31-33-25-23-32(2)24-26-33;1-15-5-7-16(8-6-15)13-21-20(23)4-3-11-25-18-10-9-17(14-22)19(12-18)24-2;1-2-3-4-5-6-7-8-9-10-11-12-13-14-15-16-17;1-4(6)8-3-9-5(2)7;1-2(3)4;/h23-28,30H,4-22,29,31H2,1-3H3,(H,38,39);5-10,12,14H,3-4,11,13H2,1-2H3,(H,21,23);2-17H2,1H3;3H2,1-2H3;1H3,(H,3,4);/q;;;;;+1. The Balaban J connectivity index is 0. The fourth-order valence-corrected chi connectivity index (χ4v) is 10.1. The molecule has 4 aromatic rings. The third kappa shape index (κ3) is 59.8. The quantitative estimate of drug-likeness (QED) is 0.0106. The van der Waals surface area contributed by atoms with Crippen molar-refractivity contribution in [1.29, 1.82) is 0 Å². The van der Waals surface area contributed by atoms with Gasteiger partial charge in [-0.3, -0.25) is 28.8 Å². The number of aldehydes is 1. The van der Waals surface area contributed by atoms with Crippen molar-refractivity contribution in [3.63, 3.8) is 0 Å². The molecule has 0 saturated carbocycles. The van der Waals surface area contributed by atoms with Gasteiger partial charge in [0.25, 0.3) is 5.97 Å². The van der Waals surface area contributed by atoms with Crippen LogP contribution < -0.4 is 64.9 Å². The molecule has 16 nitrogen and oxygen atoms in total. The Morgan fingerprint density at radius 1 is 0.454 bits per heavy atom. The number of methoxy groups -OCH3 is 2. The number of rotatable bonds is 50. The molecule has 0 atom stereocenters. The first kappa shape index (κ1) is 93.1. The van der Waals surface area contributed by atoms with Gasteiger partial charge < -0.3 is 49.9 Å². The third-order valence-electron chi connectivity index (χ3n) is 15.8. The minimum Gasteiger partial charge on any atom is -0.496 e. The molecule has 542 valence electrons. The molecule has 97 heavy (non-hydrogen) atoms. The van der Waals surface area contributed by atoms with E-state index in [1.54, 1.807) is 25.3 Å². The van der Waals surface area contributed by atoms with Crippen LogP contribution in [0.5, 0.6) is 23.0 Å². The molecule has 5 N–H and O–H groups in total. The molecule has 4 rings (SSSR count). The third-order valence-corrected chi connectivity index (χ3v) is 15.8. The number of aliphatic carboxylic acids is 1. The number of nitrogens with two attached hydrogens (primary N) is 1. The Morgan fingerprint density at radius 2 is 0.784 bits per heavy atom. The van der Waals surface area contributed by atoms with Crippen LogP contribution in [-0.4, -0.2) is 81.9 Å². The maximum atomic E-state index is 12.1. The van der Waals surface area contributed by atoms with Gasteiger partial charge in [0.15, 0.2) is 6.29 Å². The number of carbonyl (C=O) groups is 6. The van der Waals surface area contributed by atoms with E-state index in [0.29, 0.717) is 69.0 Å². The predicted molar refractivity (Wildman–Crippen MR) is 391 cm³/mol. The van der Waals surface area contributed by atoms with Crippen molar-refractivity contribution in [2.45, 2.75) is 286 Å². The molecular weight excluding hydrogens is 1230 g/mol. The van der Waals surface area contributed by atoms with Gasteiger partial charge in [-0.05, 0) is 87.4 Å². The molecule has 4 aromatic carbocycles. The summed E-state index contributed by atoms with van der Waals surface area (Å²) in [4.78, 5) is 63.9. The Hall–Kier alpha value is -5.94. The summed E-state index contributed by atoms with van der Waals surface area (Å²) >= 11 is 0. The maximum absolute atomic E-state index is 12.1. The Labute approximate surface area is 608 Å². The minimum absolute atomic E-state index is 0. The number of esters is 2. The average Bonchev–Trinajstić information content (AvgIpc) is 0.964. The van der Waals surface area contributed by atoms with Crippen LogP contribution in [0.1, 0.15) is 291 Å². The number of unbranched alkanes of at least 4 members (excludes halogenated alkanes) is 28. The van der Waals surface area contributed by atoms with Crippen LogP contribution in [-0.2, 0) is 53.0 Å². The van der Waals surface area contributed by atoms with Crippen LogP contribution in [0, 0.1) is 13.8 Å². The van der Waals surface area contributed by atoms with Crippen molar-refractivity contribution >= 4 is 36.0 Å². The number of benzene rings is 4. The maximum Gasteiger partial charge on any atom is 1.00 e. The van der Waals surface area contributed by atoms with Gasteiger partial charge in [0.2, 0.25) is 18.6 Å². The molecule has 2 amide bonds. The monoisotopic (exact) mass is 1360 g/mol. The van der Waals surface area contributed by atoms with E-state index in [4.69, 9.17) is 34.6 Å². The van der Waals surface area contributed by atoms with Gasteiger partial charge >= 0.3 is 41.5 Å². The number of carbonyl (C=O) groups excluding carboxylic acids is 5. The second kappa shape index (κ2) is 67.3. The fraction of sp³-hybridized carbons (Fsp3) is 0.625. The summed E-state index contributed by atoms with van der Waals surface area (Å²) < 4.78 is 30.8. The van der Waals surface area contributed by atoms with E-state index in [9.17, 15) is 24.0 Å². The molecule has 0 aliphatic rings. The Morgan fingerprint density at radius 3 is 1.11 bits per heavy atom. The van der Waals surface area contributed by atoms with Crippen LogP contribution >= 0.6 is 0 Å². The van der Waals surface area contributed by atoms with Crippen molar-refractivity contribution < 1.29 is 91.9 Å². The second-order valence-corrected chi connectivity index (χ2v) is 24.8. The summed E-state index contributed by atoms with van der Waals surface area (Å²) in [6, 6.07) is 27.5. The summed E-state index contributed by atoms with van der Waals surface area (Å²) in [5.74, 6) is 1.09. The predicted octanol–water partition coefficient (Wildman–Crippen LogP) is 16.2. The molecule has 0 fully saturated rings. The van der Waals surface area contributed by atoms with Crippen molar-refractivity contribution in [1.82, 2.24) is 10.6 Å². The van der Waals surface area contributed by atoms with Gasteiger partial charge in [-0.15, -0.1) is 0 Å². The van der Waals surface area contributed by atoms with E-state index in [1.807, 2.05) is 43.3 Å². The summed E-state index contributed by atoms with van der Waals surface area (Å²) in [7, 11) is 3.24. The second-order valence-electron chi connectivity index (χ2n) is 24.8. The first-order valence-corrected chi connectivity index (χ1v) is 36.4. The van der Waals surface area contributed by atoms with Gasteiger partial charge in [0, 0.05) is 58.8 Å². The van der Waals surface area contributed by atoms with E-state index in [-0.39, 0.29) is 48.2 Å². The van der Waals surface area contributed by atoms with E-state index >= 15 is 0 Å². The van der Waals surface area contributed by atoms with E-state index in [1.165, 1.54) is 230 Å². The SMILES string of the molecule is CC(=O)O.CC(=O)OCOC(C)=O.CCCCCCCCCCCCCCCCCCc1ccc(OCCCC(=O)NCc2ccc(C)cc2)cc1OC.CCCCCCCCCCCCCCCCN.COc1cc(OCCCC(=O)NCc2ccc(C)cc2)ccc1C=O.[Na+]. The van der Waals surface area contributed by atoms with Crippen LogP contribution in [0.4, 0.5) is 0 Å². The number of nitrogens with one attached hydrogen (secondary N) is 2. The van der Waals surface area contributed by atoms with Crippen LogP contribution in [0.15, 0.2) is 84.9 Å². The smallest absolute Gasteiger partial charge is 0.496 e. The molecular formula is C80H129N3NaO13+. The van der Waals surface area contributed by atoms with Gasteiger partial charge in [0.05, 0.1) is 33.0 Å². The van der Waals surface area contributed by atoms with E-state index in [2.05, 4.69) is 71.2 Å². The molecule has 17 heteroatoms. The van der Waals surface area contributed by atoms with Crippen molar-refractivity contribution in [3.05, 3.63) is 118 Å². The molecule has 0 aliphatic carbocycles. The van der Waals surface area contributed by atoms with Crippen LogP contribution in [0.2, 0.25) is 0 Å². The molecule has 0 unspecified atom stereocenters. The zero-order valence-electron chi connectivity index (χ0n) is 62.1. The van der Waals surface area contributed by atoms with Crippen molar-refractivity contribution in [2.24, 2.45) is 5.73 Å². The number of amides is 2. The number of carboxylic acids is 1. The normalized spacial score (nSPS) is 10.2. The molecule has 0 bridgehead atoms. The number of aryl methyl sites for hydroxylation is 3. The zero-order chi connectivity index (χ0) is 70.9. The zero-order valence-corrected chi connectivity index (χ0v) is 64.1. The minimum atomic E-state index is -0.833. The first-order valence-electron chi connectivity index (χ1n) is 36.4. The Kier molecular flexibility index (Phi) is 64.6. The van der Waals surface area contributed by atoms with Crippen LogP contribution in [0.25, 0.3) is 0 Å². The summed E-state index contributed by atoms with van der Waals surface area (Å²) in [6.07, 6.45) is 46.0. The molecule has 0 radical (unpaired) electrons. The molecule has 0 heterocycles. The number of hydrogen-bond donors (Lipinski definition) is 4. The van der Waals surface area contributed by atoms with E-state index in [0.717, 1.165) is 48.8 Å². The molecule has 0 aliphatic heterocycles. The largest absolute Gasteiger partial charge is 1.00 e.